The molecule has 1 aliphatic rings. The molecule has 1 saturated heterocycles. The molecule has 0 radical (unpaired) electrons. The Morgan fingerprint density at radius 2 is 0.706 bits per heavy atom. The SMILES string of the molecule is C1CN1.NCCNCCN(CCN)CCN(CCN)CCN(CCN)CCN(CCN)CCN. The highest BCUT2D eigenvalue weighted by Gasteiger charge is 2.12. The van der Waals surface area contributed by atoms with Gasteiger partial charge in [-0.25, -0.2) is 0 Å². The molecule has 1 fully saturated rings. The van der Waals surface area contributed by atoms with Gasteiger partial charge >= 0.3 is 0 Å². The summed E-state index contributed by atoms with van der Waals surface area (Å²) < 4.78 is 0. The Morgan fingerprint density at radius 1 is 0.412 bits per heavy atom. The topological polar surface area (TPSA) is 203 Å². The van der Waals surface area contributed by atoms with E-state index in [1.165, 1.54) is 13.1 Å². The van der Waals surface area contributed by atoms with Gasteiger partial charge in [-0.1, -0.05) is 0 Å². The predicted octanol–water partition coefficient (Wildman–Crippen LogP) is -4.87. The lowest BCUT2D eigenvalue weighted by Crippen LogP contribution is -2.46. The molecule has 1 aliphatic heterocycles. The molecule has 0 aromatic carbocycles. The van der Waals surface area contributed by atoms with Crippen LogP contribution in [0.5, 0.6) is 0 Å². The van der Waals surface area contributed by atoms with Gasteiger partial charge in [-0.15, -0.1) is 0 Å². The number of nitrogens with zero attached hydrogens (tertiary/aromatic N) is 4. The molecule has 0 bridgehead atoms. The Balaban J connectivity index is 0.00000333. The number of nitrogens with two attached hydrogens (primary N) is 6. The third-order valence-electron chi connectivity index (χ3n) is 5.60. The minimum absolute atomic E-state index is 0.655. The summed E-state index contributed by atoms with van der Waals surface area (Å²) in [5.41, 5.74) is 34.5. The average Bonchev–Trinajstić information content (AvgIpc) is 3.71. The second kappa shape index (κ2) is 25.6. The van der Waals surface area contributed by atoms with Gasteiger partial charge in [0.05, 0.1) is 0 Å². The highest BCUT2D eigenvalue weighted by atomic mass is 15.2. The van der Waals surface area contributed by atoms with Gasteiger partial charge < -0.3 is 45.0 Å². The van der Waals surface area contributed by atoms with E-state index in [0.717, 1.165) is 91.6 Å². The van der Waals surface area contributed by atoms with E-state index in [0.29, 0.717) is 39.3 Å². The fourth-order valence-electron chi connectivity index (χ4n) is 3.57. The van der Waals surface area contributed by atoms with Crippen LogP contribution in [0.1, 0.15) is 0 Å². The van der Waals surface area contributed by atoms with Crippen molar-refractivity contribution in [3.05, 3.63) is 0 Å². The van der Waals surface area contributed by atoms with Crippen LogP contribution < -0.4 is 45.0 Å². The summed E-state index contributed by atoms with van der Waals surface area (Å²) in [7, 11) is 0. The summed E-state index contributed by atoms with van der Waals surface area (Å²) in [5.74, 6) is 0. The maximum absolute atomic E-state index is 5.88. The molecule has 0 aromatic rings. The Labute approximate surface area is 209 Å². The summed E-state index contributed by atoms with van der Waals surface area (Å²) >= 11 is 0. The van der Waals surface area contributed by atoms with E-state index < -0.39 is 0 Å². The summed E-state index contributed by atoms with van der Waals surface area (Å²) in [6, 6.07) is 0. The fraction of sp³-hybridized carbons (Fsp3) is 1.00. The van der Waals surface area contributed by atoms with Gasteiger partial charge in [-0.3, -0.25) is 19.6 Å². The van der Waals surface area contributed by atoms with Crippen molar-refractivity contribution < 1.29 is 0 Å². The van der Waals surface area contributed by atoms with Gasteiger partial charge in [0.2, 0.25) is 0 Å². The lowest BCUT2D eigenvalue weighted by atomic mass is 10.3. The van der Waals surface area contributed by atoms with Gasteiger partial charge in [0, 0.05) is 144 Å². The van der Waals surface area contributed by atoms with Gasteiger partial charge in [0.25, 0.3) is 0 Å². The lowest BCUT2D eigenvalue weighted by molar-refractivity contribution is 0.167. The van der Waals surface area contributed by atoms with Crippen molar-refractivity contribution in [2.24, 2.45) is 34.4 Å². The largest absolute Gasteiger partial charge is 0.329 e. The Kier molecular flexibility index (Phi) is 25.2. The number of rotatable bonds is 24. The second-order valence-corrected chi connectivity index (χ2v) is 8.60. The predicted molar refractivity (Wildman–Crippen MR) is 146 cm³/mol. The molecule has 0 amide bonds. The summed E-state index contributed by atoms with van der Waals surface area (Å²) in [4.78, 5) is 9.60. The van der Waals surface area contributed by atoms with Crippen LogP contribution in [0.2, 0.25) is 0 Å². The highest BCUT2D eigenvalue weighted by molar-refractivity contribution is 4.70. The molecule has 12 nitrogen and oxygen atoms in total. The Bertz CT molecular complexity index is 393. The van der Waals surface area contributed by atoms with Gasteiger partial charge in [-0.05, 0) is 0 Å². The Hall–Kier alpha value is -0.480. The first-order valence-electron chi connectivity index (χ1n) is 13.2. The molecule has 0 aliphatic carbocycles. The maximum atomic E-state index is 5.88. The van der Waals surface area contributed by atoms with E-state index in [2.05, 4.69) is 30.2 Å². The Morgan fingerprint density at radius 3 is 0.971 bits per heavy atom. The van der Waals surface area contributed by atoms with Crippen molar-refractivity contribution >= 4 is 0 Å². The number of nitrogens with one attached hydrogen (secondary N) is 2. The van der Waals surface area contributed by atoms with Gasteiger partial charge in [-0.2, -0.15) is 0 Å². The first-order valence-corrected chi connectivity index (χ1v) is 13.2. The zero-order valence-corrected chi connectivity index (χ0v) is 21.8. The summed E-state index contributed by atoms with van der Waals surface area (Å²) in [6.07, 6.45) is 0. The standard InChI is InChI=1S/C20H53N11.C2H5N/c21-1-7-27-8-14-29(11-4-24)16-18-31(13-6-26)20-19-30(12-5-25)17-15-28(9-2-22)10-3-23;1-2-3-1/h27H,1-26H2;3H,1-2H2. The van der Waals surface area contributed by atoms with Crippen LogP contribution in [0.4, 0.5) is 0 Å². The van der Waals surface area contributed by atoms with E-state index >= 15 is 0 Å². The molecular weight excluding hydrogens is 432 g/mol. The molecule has 0 atom stereocenters. The zero-order chi connectivity index (χ0) is 25.3. The fourth-order valence-corrected chi connectivity index (χ4v) is 3.57. The third kappa shape index (κ3) is 22.0. The number of hydrogen-bond acceptors (Lipinski definition) is 12. The van der Waals surface area contributed by atoms with Crippen molar-refractivity contribution in [1.82, 2.24) is 30.2 Å². The molecular formula is C22H58N12. The summed E-state index contributed by atoms with van der Waals surface area (Å²) in [5, 5.41) is 6.35. The van der Waals surface area contributed by atoms with Crippen molar-refractivity contribution in [2.75, 3.05) is 144 Å². The van der Waals surface area contributed by atoms with E-state index in [1.54, 1.807) is 0 Å². The molecule has 0 unspecified atom stereocenters. The lowest BCUT2D eigenvalue weighted by Gasteiger charge is -2.31. The molecule has 1 heterocycles. The van der Waals surface area contributed by atoms with E-state index in [-0.39, 0.29) is 0 Å². The van der Waals surface area contributed by atoms with E-state index in [4.69, 9.17) is 34.4 Å². The number of hydrogen-bond donors (Lipinski definition) is 8. The quantitative estimate of drug-likeness (QED) is 0.0474. The minimum Gasteiger partial charge on any atom is -0.329 e. The zero-order valence-electron chi connectivity index (χ0n) is 21.8. The molecule has 0 aromatic heterocycles. The highest BCUT2D eigenvalue weighted by Crippen LogP contribution is 1.97. The average molecular weight is 491 g/mol. The molecule has 0 spiro atoms. The van der Waals surface area contributed by atoms with E-state index in [9.17, 15) is 0 Å². The van der Waals surface area contributed by atoms with E-state index in [1.807, 2.05) is 0 Å². The van der Waals surface area contributed by atoms with Gasteiger partial charge in [0.15, 0.2) is 0 Å². The van der Waals surface area contributed by atoms with Crippen LogP contribution >= 0.6 is 0 Å². The summed E-state index contributed by atoms with van der Waals surface area (Å²) in [6.45, 7) is 19.5. The van der Waals surface area contributed by atoms with Crippen LogP contribution in [0.25, 0.3) is 0 Å². The first kappa shape index (κ1) is 33.5. The molecule has 0 saturated carbocycles. The van der Waals surface area contributed by atoms with Crippen LogP contribution in [0.3, 0.4) is 0 Å². The maximum Gasteiger partial charge on any atom is 0.0110 e. The van der Waals surface area contributed by atoms with Crippen LogP contribution in [0, 0.1) is 0 Å². The third-order valence-corrected chi connectivity index (χ3v) is 5.60. The van der Waals surface area contributed by atoms with Crippen molar-refractivity contribution in [3.63, 3.8) is 0 Å². The molecule has 206 valence electrons. The molecule has 12 heteroatoms. The smallest absolute Gasteiger partial charge is 0.0110 e. The molecule has 14 N–H and O–H groups in total. The second-order valence-electron chi connectivity index (χ2n) is 8.60. The van der Waals surface area contributed by atoms with Crippen molar-refractivity contribution in [1.29, 1.82) is 0 Å². The van der Waals surface area contributed by atoms with Crippen LogP contribution in [0.15, 0.2) is 0 Å². The molecule has 1 rings (SSSR count). The first-order chi connectivity index (χ1) is 16.6. The van der Waals surface area contributed by atoms with Crippen LogP contribution in [-0.2, 0) is 0 Å². The normalized spacial score (nSPS) is 13.2. The molecule has 34 heavy (non-hydrogen) atoms. The van der Waals surface area contributed by atoms with Crippen LogP contribution in [-0.4, -0.2) is 164 Å². The van der Waals surface area contributed by atoms with Crippen molar-refractivity contribution in [2.45, 2.75) is 0 Å². The monoisotopic (exact) mass is 490 g/mol. The van der Waals surface area contributed by atoms with Gasteiger partial charge in [0.1, 0.15) is 0 Å². The van der Waals surface area contributed by atoms with Crippen molar-refractivity contribution in [3.8, 4) is 0 Å². The minimum atomic E-state index is 0.655.